The quantitative estimate of drug-likeness (QED) is 0.550. The Kier molecular flexibility index (Phi) is 7.55. The number of pyridine rings is 1. The molecule has 0 spiro atoms. The summed E-state index contributed by atoms with van der Waals surface area (Å²) in [7, 11) is 0. The van der Waals surface area contributed by atoms with Crippen molar-refractivity contribution >= 4 is 40.0 Å². The van der Waals surface area contributed by atoms with Gasteiger partial charge in [-0.2, -0.15) is 0 Å². The summed E-state index contributed by atoms with van der Waals surface area (Å²) in [6.07, 6.45) is 1.05. The largest absolute Gasteiger partial charge is 0.370 e. The van der Waals surface area contributed by atoms with Crippen molar-refractivity contribution in [3.8, 4) is 11.3 Å². The van der Waals surface area contributed by atoms with E-state index < -0.39 is 5.82 Å². The first-order valence-electron chi connectivity index (χ1n) is 11.9. The first-order chi connectivity index (χ1) is 16.7. The number of aromatic nitrogens is 1. The van der Waals surface area contributed by atoms with Gasteiger partial charge in [0.05, 0.1) is 22.7 Å². The summed E-state index contributed by atoms with van der Waals surface area (Å²) in [6, 6.07) is 12.6. The minimum Gasteiger partial charge on any atom is -0.370 e. The third kappa shape index (κ3) is 5.90. The summed E-state index contributed by atoms with van der Waals surface area (Å²) in [6.45, 7) is 8.51. The van der Waals surface area contributed by atoms with Crippen LogP contribution in [0.3, 0.4) is 0 Å². The van der Waals surface area contributed by atoms with Gasteiger partial charge in [0.15, 0.2) is 0 Å². The summed E-state index contributed by atoms with van der Waals surface area (Å²) in [5.41, 5.74) is 3.84. The number of anilines is 1. The molecule has 1 aliphatic heterocycles. The summed E-state index contributed by atoms with van der Waals surface area (Å²) in [5.74, 6) is -0.503. The average molecular weight is 497 g/mol. The average Bonchev–Trinajstić information content (AvgIpc) is 3.06. The van der Waals surface area contributed by atoms with E-state index in [2.05, 4.69) is 16.3 Å². The molecule has 1 fully saturated rings. The summed E-state index contributed by atoms with van der Waals surface area (Å²) < 4.78 is 13.8. The van der Waals surface area contributed by atoms with Crippen molar-refractivity contribution in [1.82, 2.24) is 15.2 Å². The van der Waals surface area contributed by atoms with E-state index in [0.29, 0.717) is 17.8 Å². The number of rotatable bonds is 5. The van der Waals surface area contributed by atoms with Gasteiger partial charge in [0, 0.05) is 55.8 Å². The Labute approximate surface area is 210 Å². The van der Waals surface area contributed by atoms with Crippen molar-refractivity contribution in [1.29, 1.82) is 0 Å². The van der Waals surface area contributed by atoms with Crippen LogP contribution in [0.4, 0.5) is 10.1 Å². The highest BCUT2D eigenvalue weighted by molar-refractivity contribution is 6.31. The fourth-order valence-corrected chi connectivity index (χ4v) is 4.65. The van der Waals surface area contributed by atoms with Crippen LogP contribution in [-0.4, -0.2) is 53.9 Å². The second kappa shape index (κ2) is 10.6. The number of halogens is 2. The first kappa shape index (κ1) is 24.9. The highest BCUT2D eigenvalue weighted by atomic mass is 35.5. The smallest absolute Gasteiger partial charge is 0.224 e. The Balaban J connectivity index is 1.72. The Hall–Kier alpha value is -3.19. The maximum Gasteiger partial charge on any atom is 0.224 e. The fourth-order valence-electron chi connectivity index (χ4n) is 4.47. The molecule has 6 nitrogen and oxygen atoms in total. The summed E-state index contributed by atoms with van der Waals surface area (Å²) >= 11 is 6.05. The van der Waals surface area contributed by atoms with Crippen molar-refractivity contribution in [3.05, 3.63) is 58.9 Å². The normalized spacial score (nSPS) is 14.3. The summed E-state index contributed by atoms with van der Waals surface area (Å²) in [4.78, 5) is 33.4. The molecule has 1 aromatic heterocycles. The van der Waals surface area contributed by atoms with E-state index in [4.69, 9.17) is 16.6 Å². The molecule has 0 unspecified atom stereocenters. The number of carbonyl (C=O) groups is 2. The zero-order valence-electron chi connectivity index (χ0n) is 20.3. The van der Waals surface area contributed by atoms with Crippen LogP contribution in [-0.2, 0) is 16.0 Å². The van der Waals surface area contributed by atoms with Crippen LogP contribution >= 0.6 is 11.6 Å². The van der Waals surface area contributed by atoms with Crippen molar-refractivity contribution in [3.63, 3.8) is 0 Å². The van der Waals surface area contributed by atoms with Gasteiger partial charge < -0.3 is 15.1 Å². The van der Waals surface area contributed by atoms with Crippen molar-refractivity contribution < 1.29 is 14.0 Å². The number of carbonyl (C=O) groups excluding carboxylic acids is 2. The molecule has 0 atom stereocenters. The van der Waals surface area contributed by atoms with E-state index in [1.54, 1.807) is 19.1 Å². The molecule has 0 bridgehead atoms. The molecule has 0 aliphatic carbocycles. The van der Waals surface area contributed by atoms with Crippen LogP contribution in [0.15, 0.2) is 42.5 Å². The van der Waals surface area contributed by atoms with Crippen LogP contribution in [0.5, 0.6) is 0 Å². The van der Waals surface area contributed by atoms with Gasteiger partial charge in [0.25, 0.3) is 0 Å². The lowest BCUT2D eigenvalue weighted by Crippen LogP contribution is -2.33. The molecular formula is C27H30ClFN4O2. The molecule has 35 heavy (non-hydrogen) atoms. The lowest BCUT2D eigenvalue weighted by Gasteiger charge is -2.24. The van der Waals surface area contributed by atoms with Crippen LogP contribution < -0.4 is 10.2 Å². The molecule has 1 saturated heterocycles. The SMILES string of the molecule is CC(=O)N1CCCN(c2ccc3nc(-c4ccc(F)c(Cl)c4)c(CC(=O)NC(C)C)cc3c2)CC1. The minimum absolute atomic E-state index is 0.0121. The van der Waals surface area contributed by atoms with Crippen LogP contribution in [0.2, 0.25) is 5.02 Å². The van der Waals surface area contributed by atoms with E-state index in [0.717, 1.165) is 48.2 Å². The molecule has 184 valence electrons. The zero-order valence-corrected chi connectivity index (χ0v) is 21.0. The monoisotopic (exact) mass is 496 g/mol. The lowest BCUT2D eigenvalue weighted by atomic mass is 10.00. The molecule has 0 saturated carbocycles. The predicted octanol–water partition coefficient (Wildman–Crippen LogP) is 4.82. The van der Waals surface area contributed by atoms with E-state index in [9.17, 15) is 14.0 Å². The maximum absolute atomic E-state index is 13.8. The molecule has 0 radical (unpaired) electrons. The second-order valence-corrected chi connectivity index (χ2v) is 9.65. The molecule has 2 heterocycles. The van der Waals surface area contributed by atoms with E-state index >= 15 is 0 Å². The Morgan fingerprint density at radius 1 is 1.09 bits per heavy atom. The molecule has 3 aromatic rings. The van der Waals surface area contributed by atoms with Crippen molar-refractivity contribution in [2.75, 3.05) is 31.1 Å². The fraction of sp³-hybridized carbons (Fsp3) is 0.370. The van der Waals surface area contributed by atoms with E-state index in [1.807, 2.05) is 36.9 Å². The minimum atomic E-state index is -0.499. The molecule has 1 N–H and O–H groups in total. The highest BCUT2D eigenvalue weighted by Gasteiger charge is 2.19. The highest BCUT2D eigenvalue weighted by Crippen LogP contribution is 2.31. The Bertz CT molecular complexity index is 1260. The number of hydrogen-bond donors (Lipinski definition) is 1. The lowest BCUT2D eigenvalue weighted by molar-refractivity contribution is -0.128. The van der Waals surface area contributed by atoms with Crippen molar-refractivity contribution in [2.45, 2.75) is 39.7 Å². The summed E-state index contributed by atoms with van der Waals surface area (Å²) in [5, 5.41) is 3.86. The Morgan fingerprint density at radius 3 is 2.60 bits per heavy atom. The third-order valence-electron chi connectivity index (χ3n) is 6.18. The van der Waals surface area contributed by atoms with Crippen LogP contribution in [0.1, 0.15) is 32.8 Å². The van der Waals surface area contributed by atoms with Gasteiger partial charge in [-0.3, -0.25) is 9.59 Å². The number of amides is 2. The molecule has 4 rings (SSSR count). The predicted molar refractivity (Wildman–Crippen MR) is 138 cm³/mol. The molecule has 8 heteroatoms. The number of fused-ring (bicyclic) bond motifs is 1. The maximum atomic E-state index is 13.8. The Morgan fingerprint density at radius 2 is 1.89 bits per heavy atom. The van der Waals surface area contributed by atoms with E-state index in [-0.39, 0.29) is 29.3 Å². The number of nitrogens with one attached hydrogen (secondary N) is 1. The number of hydrogen-bond acceptors (Lipinski definition) is 4. The van der Waals surface area contributed by atoms with Gasteiger partial charge in [-0.05, 0) is 68.3 Å². The van der Waals surface area contributed by atoms with Crippen molar-refractivity contribution in [2.24, 2.45) is 0 Å². The van der Waals surface area contributed by atoms with Gasteiger partial charge in [-0.25, -0.2) is 9.37 Å². The van der Waals surface area contributed by atoms with Gasteiger partial charge in [-0.1, -0.05) is 11.6 Å². The zero-order chi connectivity index (χ0) is 25.1. The molecule has 2 amide bonds. The number of nitrogens with zero attached hydrogens (tertiary/aromatic N) is 3. The molecule has 2 aromatic carbocycles. The standard InChI is InChI=1S/C27H30ClFN4O2/c1-17(2)30-26(35)16-21-13-20-14-22(33-10-4-9-32(11-12-33)18(3)34)6-8-25(20)31-27(21)19-5-7-24(29)23(28)15-19/h5-8,13-15,17H,4,9-12,16H2,1-3H3,(H,30,35). The molecule has 1 aliphatic rings. The van der Waals surface area contributed by atoms with Gasteiger partial charge in [0.1, 0.15) is 5.82 Å². The van der Waals surface area contributed by atoms with E-state index in [1.165, 1.54) is 6.07 Å². The third-order valence-corrected chi connectivity index (χ3v) is 6.47. The molecular weight excluding hydrogens is 467 g/mol. The van der Waals surface area contributed by atoms with Gasteiger partial charge in [0.2, 0.25) is 11.8 Å². The number of benzene rings is 2. The van der Waals surface area contributed by atoms with Crippen LogP contribution in [0.25, 0.3) is 22.2 Å². The topological polar surface area (TPSA) is 65.5 Å². The second-order valence-electron chi connectivity index (χ2n) is 9.25. The first-order valence-corrected chi connectivity index (χ1v) is 12.3. The van der Waals surface area contributed by atoms with Gasteiger partial charge >= 0.3 is 0 Å². The van der Waals surface area contributed by atoms with Gasteiger partial charge in [-0.15, -0.1) is 0 Å². The van der Waals surface area contributed by atoms with Crippen LogP contribution in [0, 0.1) is 5.82 Å².